The van der Waals surface area contributed by atoms with E-state index in [0.717, 1.165) is 13.1 Å². The monoisotopic (exact) mass is 388 g/mol. The first kappa shape index (κ1) is 21.0. The van der Waals surface area contributed by atoms with Gasteiger partial charge in [-0.15, -0.1) is 0 Å². The first-order valence-corrected chi connectivity index (χ1v) is 12.0. The molecule has 0 saturated carbocycles. The zero-order valence-corrected chi connectivity index (χ0v) is 17.7. The van der Waals surface area contributed by atoms with E-state index in [4.69, 9.17) is 0 Å². The van der Waals surface area contributed by atoms with Crippen LogP contribution in [0.5, 0.6) is 0 Å². The van der Waals surface area contributed by atoms with Gasteiger partial charge in [-0.05, 0) is 37.1 Å². The Balaban J connectivity index is 1.92. The molecule has 0 unspecified atom stereocenters. The minimum absolute atomic E-state index is 1.05. The molecule has 2 rings (SSSR count). The summed E-state index contributed by atoms with van der Waals surface area (Å²) >= 11 is 0. The molecule has 0 aromatic heterocycles. The Labute approximate surface area is 167 Å². The van der Waals surface area contributed by atoms with E-state index in [2.05, 4.69) is 73.0 Å². The Hall–Kier alpha value is -1.26. The Morgan fingerprint density at radius 2 is 1.04 bits per heavy atom. The molecule has 0 amide bonds. The number of hydrogen-bond acceptors (Lipinski definition) is 4. The summed E-state index contributed by atoms with van der Waals surface area (Å²) in [5.41, 5.74) is 2.49. The van der Waals surface area contributed by atoms with E-state index in [-0.39, 0.29) is 0 Å². The topological polar surface area (TPSA) is 24.1 Å². The number of hydrogen-bond donors (Lipinski definition) is 2. The second kappa shape index (κ2) is 13.0. The quantitative estimate of drug-likeness (QED) is 0.271. The SMILES string of the molecule is CCCCCNc1ccccc1SSc1ccccc1NCCCCC. The number of nitrogens with one attached hydrogen (secondary N) is 2. The fraction of sp³-hybridized carbons (Fsp3) is 0.455. The van der Waals surface area contributed by atoms with Gasteiger partial charge in [-0.3, -0.25) is 0 Å². The van der Waals surface area contributed by atoms with Crippen LogP contribution in [-0.4, -0.2) is 13.1 Å². The van der Waals surface area contributed by atoms with Crippen molar-refractivity contribution < 1.29 is 0 Å². The van der Waals surface area contributed by atoms with E-state index < -0.39 is 0 Å². The molecule has 4 heteroatoms. The first-order chi connectivity index (χ1) is 12.8. The van der Waals surface area contributed by atoms with Gasteiger partial charge in [-0.1, -0.05) is 85.4 Å². The Bertz CT molecular complexity index is 576. The third kappa shape index (κ3) is 7.55. The summed E-state index contributed by atoms with van der Waals surface area (Å²) in [6.07, 6.45) is 7.55. The molecule has 0 saturated heterocycles. The molecule has 2 aromatic rings. The molecule has 2 N–H and O–H groups in total. The molecular formula is C22H32N2S2. The number of anilines is 2. The third-order valence-electron chi connectivity index (χ3n) is 4.19. The van der Waals surface area contributed by atoms with E-state index in [9.17, 15) is 0 Å². The zero-order chi connectivity index (χ0) is 18.5. The molecule has 0 heterocycles. The van der Waals surface area contributed by atoms with Crippen LogP contribution in [-0.2, 0) is 0 Å². The maximum absolute atomic E-state index is 3.60. The number of benzene rings is 2. The lowest BCUT2D eigenvalue weighted by Crippen LogP contribution is -2.02. The fourth-order valence-electron chi connectivity index (χ4n) is 2.66. The van der Waals surface area contributed by atoms with Crippen molar-refractivity contribution in [1.82, 2.24) is 0 Å². The summed E-state index contributed by atoms with van der Waals surface area (Å²) in [7, 11) is 3.67. The van der Waals surface area contributed by atoms with Crippen molar-refractivity contribution in [2.75, 3.05) is 23.7 Å². The molecule has 0 radical (unpaired) electrons. The van der Waals surface area contributed by atoms with Crippen LogP contribution in [0.15, 0.2) is 58.3 Å². The van der Waals surface area contributed by atoms with Crippen LogP contribution in [0.1, 0.15) is 52.4 Å². The second-order valence-electron chi connectivity index (χ2n) is 6.43. The summed E-state index contributed by atoms with van der Waals surface area (Å²) in [6.45, 7) is 6.58. The predicted molar refractivity (Wildman–Crippen MR) is 121 cm³/mol. The number of para-hydroxylation sites is 2. The maximum atomic E-state index is 3.60. The van der Waals surface area contributed by atoms with Gasteiger partial charge in [-0.25, -0.2) is 0 Å². The summed E-state index contributed by atoms with van der Waals surface area (Å²) in [4.78, 5) is 2.60. The molecule has 142 valence electrons. The Morgan fingerprint density at radius 1 is 0.615 bits per heavy atom. The van der Waals surface area contributed by atoms with Crippen molar-refractivity contribution >= 4 is 33.0 Å². The van der Waals surface area contributed by atoms with E-state index in [1.165, 1.54) is 59.7 Å². The van der Waals surface area contributed by atoms with Crippen molar-refractivity contribution in [3.63, 3.8) is 0 Å². The van der Waals surface area contributed by atoms with Crippen molar-refractivity contribution in [2.24, 2.45) is 0 Å². The highest BCUT2D eigenvalue weighted by Crippen LogP contribution is 2.43. The van der Waals surface area contributed by atoms with E-state index >= 15 is 0 Å². The molecule has 0 spiro atoms. The molecular weight excluding hydrogens is 356 g/mol. The molecule has 2 aromatic carbocycles. The minimum atomic E-state index is 1.05. The molecule has 0 aliphatic carbocycles. The molecule has 0 atom stereocenters. The van der Waals surface area contributed by atoms with Crippen molar-refractivity contribution in [3.05, 3.63) is 48.5 Å². The second-order valence-corrected chi connectivity index (χ2v) is 8.64. The average molecular weight is 389 g/mol. The normalized spacial score (nSPS) is 10.7. The third-order valence-corrected chi connectivity index (χ3v) is 6.67. The van der Waals surface area contributed by atoms with Crippen LogP contribution < -0.4 is 10.6 Å². The van der Waals surface area contributed by atoms with Gasteiger partial charge in [0.25, 0.3) is 0 Å². The van der Waals surface area contributed by atoms with E-state index in [1.807, 2.05) is 21.6 Å². The van der Waals surface area contributed by atoms with Gasteiger partial charge in [0.05, 0.1) is 0 Å². The molecule has 2 nitrogen and oxygen atoms in total. The molecule has 0 aliphatic rings. The van der Waals surface area contributed by atoms with Crippen molar-refractivity contribution in [3.8, 4) is 0 Å². The van der Waals surface area contributed by atoms with Gasteiger partial charge < -0.3 is 10.6 Å². The maximum Gasteiger partial charge on any atom is 0.0487 e. The minimum Gasteiger partial charge on any atom is -0.384 e. The molecule has 0 bridgehead atoms. The highest BCUT2D eigenvalue weighted by molar-refractivity contribution is 8.76. The summed E-state index contributed by atoms with van der Waals surface area (Å²) < 4.78 is 0. The largest absolute Gasteiger partial charge is 0.384 e. The van der Waals surface area contributed by atoms with E-state index in [0.29, 0.717) is 0 Å². The van der Waals surface area contributed by atoms with Gasteiger partial charge >= 0.3 is 0 Å². The van der Waals surface area contributed by atoms with Gasteiger partial charge in [0.15, 0.2) is 0 Å². The smallest absolute Gasteiger partial charge is 0.0487 e. The average Bonchev–Trinajstić information content (AvgIpc) is 2.68. The standard InChI is InChI=1S/C22H32N2S2/c1-3-5-11-17-23-19-13-7-9-15-21(19)25-26-22-16-10-8-14-20(22)24-18-12-6-4-2/h7-10,13-16,23-24H,3-6,11-12,17-18H2,1-2H3. The van der Waals surface area contributed by atoms with Gasteiger partial charge in [0.1, 0.15) is 0 Å². The van der Waals surface area contributed by atoms with Crippen LogP contribution in [0.25, 0.3) is 0 Å². The summed E-state index contributed by atoms with van der Waals surface area (Å²) in [5.74, 6) is 0. The molecule has 0 fully saturated rings. The Kier molecular flexibility index (Phi) is 10.5. The van der Waals surface area contributed by atoms with Crippen molar-refractivity contribution in [2.45, 2.75) is 62.2 Å². The lowest BCUT2D eigenvalue weighted by atomic mass is 10.2. The van der Waals surface area contributed by atoms with Crippen molar-refractivity contribution in [1.29, 1.82) is 0 Å². The fourth-order valence-corrected chi connectivity index (χ4v) is 4.98. The summed E-state index contributed by atoms with van der Waals surface area (Å²) in [6, 6.07) is 17.2. The number of unbranched alkanes of at least 4 members (excludes halogenated alkanes) is 4. The van der Waals surface area contributed by atoms with Crippen LogP contribution in [0, 0.1) is 0 Å². The zero-order valence-electron chi connectivity index (χ0n) is 16.1. The Morgan fingerprint density at radius 3 is 1.46 bits per heavy atom. The van der Waals surface area contributed by atoms with E-state index in [1.54, 1.807) is 0 Å². The van der Waals surface area contributed by atoms with Crippen LogP contribution >= 0.6 is 21.6 Å². The predicted octanol–water partition coefficient (Wildman–Crippen LogP) is 7.69. The van der Waals surface area contributed by atoms with Crippen LogP contribution in [0.2, 0.25) is 0 Å². The first-order valence-electron chi connectivity index (χ1n) is 9.85. The summed E-state index contributed by atoms with van der Waals surface area (Å²) in [5, 5.41) is 7.19. The lowest BCUT2D eigenvalue weighted by molar-refractivity contribution is 0.743. The lowest BCUT2D eigenvalue weighted by Gasteiger charge is -2.13. The highest BCUT2D eigenvalue weighted by Gasteiger charge is 2.07. The molecule has 0 aliphatic heterocycles. The van der Waals surface area contributed by atoms with Gasteiger partial charge in [0.2, 0.25) is 0 Å². The highest BCUT2D eigenvalue weighted by atomic mass is 33.1. The van der Waals surface area contributed by atoms with Crippen LogP contribution in [0.4, 0.5) is 11.4 Å². The van der Waals surface area contributed by atoms with Gasteiger partial charge in [-0.2, -0.15) is 0 Å². The van der Waals surface area contributed by atoms with Crippen LogP contribution in [0.3, 0.4) is 0 Å². The molecule has 26 heavy (non-hydrogen) atoms. The number of rotatable bonds is 13. The van der Waals surface area contributed by atoms with Gasteiger partial charge in [0, 0.05) is 34.3 Å².